The van der Waals surface area contributed by atoms with Gasteiger partial charge in [-0.15, -0.1) is 0 Å². The zero-order valence-corrected chi connectivity index (χ0v) is 10.3. The molecule has 68 valence electrons. The number of rotatable bonds is 5. The van der Waals surface area contributed by atoms with Gasteiger partial charge in [-0.1, -0.05) is 6.92 Å². The summed E-state index contributed by atoms with van der Waals surface area (Å²) in [6, 6.07) is 0. The molecule has 0 aromatic carbocycles. The summed E-state index contributed by atoms with van der Waals surface area (Å²) in [5.74, 6) is 0. The van der Waals surface area contributed by atoms with E-state index in [1.54, 1.807) is 6.92 Å². The molecule has 1 atom stereocenters. The first-order chi connectivity index (χ1) is 4.99. The summed E-state index contributed by atoms with van der Waals surface area (Å²) < 4.78 is 38.9. The van der Waals surface area contributed by atoms with Gasteiger partial charge in [0, 0.05) is 7.11 Å². The maximum absolute atomic E-state index is 10.0. The quantitative estimate of drug-likeness (QED) is 0.270. The van der Waals surface area contributed by atoms with Gasteiger partial charge < -0.3 is 9.29 Å². The number of hydrogen-bond acceptors (Lipinski definition) is 5. The average Bonchev–Trinajstić information content (AvgIpc) is 1.84. The fourth-order valence-electron chi connectivity index (χ4n) is 0.566. The third kappa shape index (κ3) is 8.92. The second kappa shape index (κ2) is 7.25. The van der Waals surface area contributed by atoms with E-state index in [9.17, 15) is 13.0 Å². The van der Waals surface area contributed by atoms with Crippen LogP contribution in [0.1, 0.15) is 13.3 Å². The molecule has 0 heterocycles. The smallest absolute Gasteiger partial charge is 0.726 e. The van der Waals surface area contributed by atoms with E-state index in [1.165, 1.54) is 7.11 Å². The topological polar surface area (TPSA) is 75.7 Å². The standard InChI is InChI=1S/C5H12O5S.Na/c1-3-5(4-9-2)10-11(6,7)8;/h5H,3-4H2,1-2H3,(H,6,7,8);/q;+1/p-1. The predicted molar refractivity (Wildman–Crippen MR) is 36.7 cm³/mol. The van der Waals surface area contributed by atoms with Crippen molar-refractivity contribution in [2.24, 2.45) is 0 Å². The molecule has 0 fully saturated rings. The van der Waals surface area contributed by atoms with Crippen LogP contribution in [0.5, 0.6) is 0 Å². The van der Waals surface area contributed by atoms with Gasteiger partial charge in [-0.25, -0.2) is 8.42 Å². The Kier molecular flexibility index (Phi) is 9.25. The van der Waals surface area contributed by atoms with Crippen molar-refractivity contribution in [1.29, 1.82) is 0 Å². The van der Waals surface area contributed by atoms with E-state index in [0.29, 0.717) is 6.42 Å². The van der Waals surface area contributed by atoms with Gasteiger partial charge >= 0.3 is 29.6 Å². The van der Waals surface area contributed by atoms with Crippen molar-refractivity contribution >= 4 is 10.4 Å². The zero-order valence-electron chi connectivity index (χ0n) is 7.44. The van der Waals surface area contributed by atoms with Gasteiger partial charge in [-0.05, 0) is 6.42 Å². The average molecular weight is 206 g/mol. The normalized spacial score (nSPS) is 13.6. The first-order valence-electron chi connectivity index (χ1n) is 3.12. The Bertz CT molecular complexity index is 190. The molecule has 0 rings (SSSR count). The molecule has 0 saturated carbocycles. The Labute approximate surface area is 94.7 Å². The molecule has 0 amide bonds. The summed E-state index contributed by atoms with van der Waals surface area (Å²) >= 11 is 0. The van der Waals surface area contributed by atoms with E-state index in [2.05, 4.69) is 8.92 Å². The van der Waals surface area contributed by atoms with Crippen LogP contribution in [-0.4, -0.2) is 32.8 Å². The second-order valence-corrected chi connectivity index (χ2v) is 3.00. The van der Waals surface area contributed by atoms with Crippen LogP contribution >= 0.6 is 0 Å². The van der Waals surface area contributed by atoms with Gasteiger partial charge in [-0.2, -0.15) is 0 Å². The molecule has 0 aromatic rings. The summed E-state index contributed by atoms with van der Waals surface area (Å²) in [7, 11) is -3.18. The molecule has 0 radical (unpaired) electrons. The molecule has 0 aliphatic heterocycles. The van der Waals surface area contributed by atoms with Crippen LogP contribution in [0.15, 0.2) is 0 Å². The SMILES string of the molecule is CCC(COC)OS(=O)(=O)[O-].[Na+]. The minimum absolute atomic E-state index is 0. The molecule has 0 N–H and O–H groups in total. The summed E-state index contributed by atoms with van der Waals surface area (Å²) in [6.45, 7) is 1.81. The van der Waals surface area contributed by atoms with E-state index in [1.807, 2.05) is 0 Å². The van der Waals surface area contributed by atoms with E-state index >= 15 is 0 Å². The molecule has 0 saturated heterocycles. The predicted octanol–water partition coefficient (Wildman–Crippen LogP) is -3.11. The molecule has 0 aliphatic rings. The Morgan fingerprint density at radius 3 is 2.25 bits per heavy atom. The second-order valence-electron chi connectivity index (χ2n) is 1.99. The van der Waals surface area contributed by atoms with Crippen LogP contribution in [0.4, 0.5) is 0 Å². The van der Waals surface area contributed by atoms with E-state index in [0.717, 1.165) is 0 Å². The molecule has 0 aliphatic carbocycles. The van der Waals surface area contributed by atoms with Crippen LogP contribution in [0, 0.1) is 0 Å². The Morgan fingerprint density at radius 2 is 2.00 bits per heavy atom. The molecular weight excluding hydrogens is 195 g/mol. The van der Waals surface area contributed by atoms with Crippen LogP contribution in [0.3, 0.4) is 0 Å². The minimum Gasteiger partial charge on any atom is -0.726 e. The van der Waals surface area contributed by atoms with Gasteiger partial charge in [-0.3, -0.25) is 4.18 Å². The fraction of sp³-hybridized carbons (Fsp3) is 1.00. The first kappa shape index (κ1) is 15.3. The molecule has 0 bridgehead atoms. The third-order valence-corrected chi connectivity index (χ3v) is 1.57. The molecule has 0 aromatic heterocycles. The Hall–Kier alpha value is 0.830. The fourth-order valence-corrected chi connectivity index (χ4v) is 1.09. The molecule has 7 heteroatoms. The van der Waals surface area contributed by atoms with Crippen LogP contribution < -0.4 is 29.6 Å². The van der Waals surface area contributed by atoms with Gasteiger partial charge in [0.2, 0.25) is 10.4 Å². The maximum atomic E-state index is 10.0. The van der Waals surface area contributed by atoms with Crippen molar-refractivity contribution in [1.82, 2.24) is 0 Å². The van der Waals surface area contributed by atoms with Gasteiger partial charge in [0.15, 0.2) is 0 Å². The number of hydrogen-bond donors (Lipinski definition) is 0. The number of methoxy groups -OCH3 is 1. The summed E-state index contributed by atoms with van der Waals surface area (Å²) in [5.41, 5.74) is 0. The largest absolute Gasteiger partial charge is 1.00 e. The molecule has 12 heavy (non-hydrogen) atoms. The maximum Gasteiger partial charge on any atom is 1.00 e. The first-order valence-corrected chi connectivity index (χ1v) is 4.46. The van der Waals surface area contributed by atoms with Crippen molar-refractivity contribution in [3.05, 3.63) is 0 Å². The molecule has 5 nitrogen and oxygen atoms in total. The van der Waals surface area contributed by atoms with Crippen LogP contribution in [-0.2, 0) is 19.3 Å². The van der Waals surface area contributed by atoms with Crippen molar-refractivity contribution in [2.75, 3.05) is 13.7 Å². The minimum atomic E-state index is -4.59. The van der Waals surface area contributed by atoms with Gasteiger partial charge in [0.1, 0.15) is 0 Å². The van der Waals surface area contributed by atoms with Gasteiger partial charge in [0.05, 0.1) is 12.7 Å². The summed E-state index contributed by atoms with van der Waals surface area (Å²) in [4.78, 5) is 0. The Balaban J connectivity index is 0. The Morgan fingerprint density at radius 1 is 1.50 bits per heavy atom. The van der Waals surface area contributed by atoms with Crippen LogP contribution in [0.2, 0.25) is 0 Å². The van der Waals surface area contributed by atoms with E-state index in [4.69, 9.17) is 0 Å². The summed E-state index contributed by atoms with van der Waals surface area (Å²) in [5, 5.41) is 0. The zero-order chi connectivity index (χ0) is 8.91. The third-order valence-electron chi connectivity index (χ3n) is 1.06. The summed E-state index contributed by atoms with van der Waals surface area (Å²) in [6.07, 6.45) is -0.238. The molecule has 0 spiro atoms. The van der Waals surface area contributed by atoms with Crippen molar-refractivity contribution < 1.29 is 51.4 Å². The van der Waals surface area contributed by atoms with E-state index < -0.39 is 16.5 Å². The van der Waals surface area contributed by atoms with Crippen molar-refractivity contribution in [3.63, 3.8) is 0 Å². The molecular formula is C5H11NaO5S. The monoisotopic (exact) mass is 206 g/mol. The van der Waals surface area contributed by atoms with E-state index in [-0.39, 0.29) is 36.2 Å². The van der Waals surface area contributed by atoms with Crippen LogP contribution in [0.25, 0.3) is 0 Å². The molecule has 1 unspecified atom stereocenters. The van der Waals surface area contributed by atoms with Crippen molar-refractivity contribution in [2.45, 2.75) is 19.4 Å². The van der Waals surface area contributed by atoms with Gasteiger partial charge in [0.25, 0.3) is 0 Å². The number of ether oxygens (including phenoxy) is 1. The van der Waals surface area contributed by atoms with Crippen molar-refractivity contribution in [3.8, 4) is 0 Å².